The molecule has 1 unspecified atom stereocenters. The molecule has 1 atom stereocenters. The van der Waals surface area contributed by atoms with Gasteiger partial charge in [0.15, 0.2) is 5.78 Å². The predicted octanol–water partition coefficient (Wildman–Crippen LogP) is 4.55. The molecule has 0 amide bonds. The zero-order valence-electron chi connectivity index (χ0n) is 9.64. The van der Waals surface area contributed by atoms with Gasteiger partial charge in [0.1, 0.15) is 4.32 Å². The monoisotopic (exact) mass is 366 g/mol. The molecule has 1 nitrogen and oxygen atoms in total. The van der Waals surface area contributed by atoms with Crippen LogP contribution in [0.15, 0.2) is 60.7 Å². The second kappa shape index (κ2) is 5.81. The van der Waals surface area contributed by atoms with E-state index >= 15 is 0 Å². The van der Waals surface area contributed by atoms with Crippen molar-refractivity contribution < 1.29 is 4.79 Å². The van der Waals surface area contributed by atoms with Crippen LogP contribution in [0, 0.1) is 0 Å². The van der Waals surface area contributed by atoms with Crippen molar-refractivity contribution in [1.29, 1.82) is 0 Å². The van der Waals surface area contributed by atoms with E-state index < -0.39 is 4.32 Å². The molecule has 2 aromatic rings. The van der Waals surface area contributed by atoms with Gasteiger partial charge in [0.05, 0.1) is 0 Å². The van der Waals surface area contributed by atoms with Crippen LogP contribution >= 0.6 is 31.9 Å². The molecule has 2 aromatic carbocycles. The highest BCUT2D eigenvalue weighted by molar-refractivity contribution is 9.12. The third kappa shape index (κ3) is 2.57. The molecule has 2 rings (SSSR count). The largest absolute Gasteiger partial charge is 0.292 e. The van der Waals surface area contributed by atoms with Crippen LogP contribution < -0.4 is 0 Å². The third-order valence-electron chi connectivity index (χ3n) is 2.81. The summed E-state index contributed by atoms with van der Waals surface area (Å²) in [4.78, 5) is 12.6. The predicted molar refractivity (Wildman–Crippen MR) is 81.6 cm³/mol. The molecular weight excluding hydrogens is 356 g/mol. The summed E-state index contributed by atoms with van der Waals surface area (Å²) < 4.78 is -0.713. The van der Waals surface area contributed by atoms with E-state index in [-0.39, 0.29) is 5.78 Å². The zero-order valence-corrected chi connectivity index (χ0v) is 12.8. The van der Waals surface area contributed by atoms with Crippen molar-refractivity contribution in [3.05, 3.63) is 71.8 Å². The summed E-state index contributed by atoms with van der Waals surface area (Å²) in [7, 11) is 0. The summed E-state index contributed by atoms with van der Waals surface area (Å²) in [6, 6.07) is 19.1. The highest BCUT2D eigenvalue weighted by Crippen LogP contribution is 2.36. The maximum absolute atomic E-state index is 12.6. The Kier molecular flexibility index (Phi) is 4.36. The van der Waals surface area contributed by atoms with E-state index in [0.717, 1.165) is 5.56 Å². The van der Waals surface area contributed by atoms with Crippen molar-refractivity contribution in [3.8, 4) is 0 Å². The molecule has 0 aliphatic rings. The molecule has 0 spiro atoms. The van der Waals surface area contributed by atoms with Crippen molar-refractivity contribution in [2.75, 3.05) is 5.33 Å². The summed E-state index contributed by atoms with van der Waals surface area (Å²) in [5.41, 5.74) is 1.66. The lowest BCUT2D eigenvalue weighted by Gasteiger charge is -2.24. The Hall–Kier alpha value is -0.930. The van der Waals surface area contributed by atoms with Gasteiger partial charge in [0.25, 0.3) is 0 Å². The standard InChI is InChI=1S/C15H12Br2O/c16-11-15(17,13-9-5-2-6-10-13)14(18)12-7-3-1-4-8-12/h1-10H,11H2. The van der Waals surface area contributed by atoms with Gasteiger partial charge in [0.2, 0.25) is 0 Å². The molecule has 0 aliphatic carbocycles. The number of halogens is 2. The highest BCUT2D eigenvalue weighted by atomic mass is 79.9. The number of ketones is 1. The first kappa shape index (κ1) is 13.5. The first-order chi connectivity index (χ1) is 8.68. The van der Waals surface area contributed by atoms with Crippen LogP contribution in [0.5, 0.6) is 0 Å². The summed E-state index contributed by atoms with van der Waals surface area (Å²) in [6.07, 6.45) is 0. The Balaban J connectivity index is 2.43. The van der Waals surface area contributed by atoms with Crippen molar-refractivity contribution >= 4 is 37.6 Å². The summed E-state index contributed by atoms with van der Waals surface area (Å²) >= 11 is 7.04. The minimum Gasteiger partial charge on any atom is -0.292 e. The first-order valence-corrected chi connectivity index (χ1v) is 7.50. The average molecular weight is 368 g/mol. The van der Waals surface area contributed by atoms with E-state index in [1.54, 1.807) is 0 Å². The van der Waals surface area contributed by atoms with E-state index in [2.05, 4.69) is 31.9 Å². The van der Waals surface area contributed by atoms with Crippen LogP contribution in [-0.2, 0) is 4.32 Å². The minimum atomic E-state index is -0.713. The molecule has 0 fully saturated rings. The molecule has 0 aromatic heterocycles. The van der Waals surface area contributed by atoms with Gasteiger partial charge in [-0.2, -0.15) is 0 Å². The van der Waals surface area contributed by atoms with E-state index in [1.165, 1.54) is 0 Å². The van der Waals surface area contributed by atoms with Gasteiger partial charge >= 0.3 is 0 Å². The van der Waals surface area contributed by atoms with Gasteiger partial charge in [-0.25, -0.2) is 0 Å². The lowest BCUT2D eigenvalue weighted by atomic mass is 9.92. The maximum atomic E-state index is 12.6. The number of hydrogen-bond donors (Lipinski definition) is 0. The third-order valence-corrected chi connectivity index (χ3v) is 5.50. The van der Waals surface area contributed by atoms with E-state index in [0.29, 0.717) is 10.9 Å². The molecule has 0 bridgehead atoms. The highest BCUT2D eigenvalue weighted by Gasteiger charge is 2.36. The number of carbonyl (C=O) groups excluding carboxylic acids is 1. The normalized spacial score (nSPS) is 13.9. The SMILES string of the molecule is O=C(c1ccccc1)C(Br)(CBr)c1ccccc1. The number of benzene rings is 2. The molecule has 0 saturated carbocycles. The molecule has 18 heavy (non-hydrogen) atoms. The fourth-order valence-electron chi connectivity index (χ4n) is 1.79. The van der Waals surface area contributed by atoms with Crippen LogP contribution in [0.4, 0.5) is 0 Å². The van der Waals surface area contributed by atoms with E-state index in [1.807, 2.05) is 60.7 Å². The molecule has 0 N–H and O–H groups in total. The van der Waals surface area contributed by atoms with Crippen LogP contribution in [0.1, 0.15) is 15.9 Å². The molecule has 92 valence electrons. The Bertz CT molecular complexity index is 525. The van der Waals surface area contributed by atoms with Gasteiger partial charge in [-0.15, -0.1) is 0 Å². The van der Waals surface area contributed by atoms with Crippen molar-refractivity contribution in [2.45, 2.75) is 4.32 Å². The molecule has 3 heteroatoms. The molecule has 0 saturated heterocycles. The summed E-state index contributed by atoms with van der Waals surface area (Å²) in [6.45, 7) is 0. The van der Waals surface area contributed by atoms with Crippen molar-refractivity contribution in [2.24, 2.45) is 0 Å². The average Bonchev–Trinajstić information content (AvgIpc) is 2.47. The fourth-order valence-corrected chi connectivity index (χ4v) is 2.86. The first-order valence-electron chi connectivity index (χ1n) is 5.59. The number of hydrogen-bond acceptors (Lipinski definition) is 1. The minimum absolute atomic E-state index is 0.0613. The number of rotatable bonds is 4. The number of Topliss-reactive ketones (excluding diaryl/α,β-unsaturated/α-hetero) is 1. The van der Waals surface area contributed by atoms with E-state index in [9.17, 15) is 4.79 Å². The van der Waals surface area contributed by atoms with Gasteiger partial charge < -0.3 is 0 Å². The van der Waals surface area contributed by atoms with Crippen LogP contribution in [0.3, 0.4) is 0 Å². The van der Waals surface area contributed by atoms with Gasteiger partial charge in [-0.3, -0.25) is 4.79 Å². The van der Waals surface area contributed by atoms with Gasteiger partial charge in [-0.05, 0) is 5.56 Å². The Labute approximate surface area is 123 Å². The molecular formula is C15H12Br2O. The lowest BCUT2D eigenvalue weighted by Crippen LogP contribution is -2.31. The number of carbonyl (C=O) groups is 1. The van der Waals surface area contributed by atoms with Crippen LogP contribution in [0.2, 0.25) is 0 Å². The summed E-state index contributed by atoms with van der Waals surface area (Å²) in [5, 5.41) is 0.526. The Morgan fingerprint density at radius 1 is 0.944 bits per heavy atom. The lowest BCUT2D eigenvalue weighted by molar-refractivity contribution is 0.0956. The Morgan fingerprint density at radius 3 is 1.94 bits per heavy atom. The van der Waals surface area contributed by atoms with Gasteiger partial charge in [0, 0.05) is 10.9 Å². The maximum Gasteiger partial charge on any atom is 0.184 e. The van der Waals surface area contributed by atoms with Crippen molar-refractivity contribution in [3.63, 3.8) is 0 Å². The van der Waals surface area contributed by atoms with E-state index in [4.69, 9.17) is 0 Å². The van der Waals surface area contributed by atoms with Gasteiger partial charge in [-0.1, -0.05) is 92.5 Å². The smallest absolute Gasteiger partial charge is 0.184 e. The molecule has 0 radical (unpaired) electrons. The second-order valence-electron chi connectivity index (χ2n) is 4.00. The molecule has 0 aliphatic heterocycles. The van der Waals surface area contributed by atoms with Crippen molar-refractivity contribution in [1.82, 2.24) is 0 Å². The molecule has 0 heterocycles. The zero-order chi connectivity index (χ0) is 13.0. The topological polar surface area (TPSA) is 17.1 Å². The summed E-state index contributed by atoms with van der Waals surface area (Å²) in [5.74, 6) is 0.0613. The quantitative estimate of drug-likeness (QED) is 0.572. The Morgan fingerprint density at radius 2 is 1.44 bits per heavy atom. The fraction of sp³-hybridized carbons (Fsp3) is 0.133. The van der Waals surface area contributed by atoms with Crippen LogP contribution in [-0.4, -0.2) is 11.1 Å². The van der Waals surface area contributed by atoms with Crippen LogP contribution in [0.25, 0.3) is 0 Å². The number of alkyl halides is 2. The second-order valence-corrected chi connectivity index (χ2v) is 5.91.